The van der Waals surface area contributed by atoms with E-state index < -0.39 is 0 Å². The third kappa shape index (κ3) is 3.71. The van der Waals surface area contributed by atoms with E-state index in [1.54, 1.807) is 7.11 Å². The van der Waals surface area contributed by atoms with Crippen molar-refractivity contribution in [2.24, 2.45) is 0 Å². The quantitative estimate of drug-likeness (QED) is 0.810. The van der Waals surface area contributed by atoms with Gasteiger partial charge in [0.1, 0.15) is 5.75 Å². The summed E-state index contributed by atoms with van der Waals surface area (Å²) in [7, 11) is 3.75. The Hall–Kier alpha value is -0.540. The van der Waals surface area contributed by atoms with Crippen LogP contribution in [0, 0.1) is 13.8 Å². The van der Waals surface area contributed by atoms with Crippen LogP contribution < -0.4 is 10.1 Å². The monoisotopic (exact) mass is 299 g/mol. The van der Waals surface area contributed by atoms with Crippen LogP contribution in [0.5, 0.6) is 5.75 Å². The van der Waals surface area contributed by atoms with Crippen molar-refractivity contribution in [3.8, 4) is 5.75 Å². The number of hydrogen-bond acceptors (Lipinski definition) is 2. The van der Waals surface area contributed by atoms with Crippen molar-refractivity contribution in [2.75, 3.05) is 20.7 Å². The van der Waals surface area contributed by atoms with Gasteiger partial charge in [-0.3, -0.25) is 0 Å². The van der Waals surface area contributed by atoms with E-state index >= 15 is 0 Å². The van der Waals surface area contributed by atoms with Gasteiger partial charge in [-0.25, -0.2) is 0 Å². The van der Waals surface area contributed by atoms with Crippen LogP contribution in [0.25, 0.3) is 0 Å². The van der Waals surface area contributed by atoms with E-state index in [2.05, 4.69) is 41.2 Å². The summed E-state index contributed by atoms with van der Waals surface area (Å²) in [6.07, 6.45) is 3.47. The molecule has 0 aromatic heterocycles. The number of aryl methyl sites for hydroxylation is 1. The lowest BCUT2D eigenvalue weighted by molar-refractivity contribution is 0.405. The number of nitrogens with one attached hydrogen (secondary N) is 1. The van der Waals surface area contributed by atoms with Crippen LogP contribution in [0.3, 0.4) is 0 Å². The van der Waals surface area contributed by atoms with Gasteiger partial charge >= 0.3 is 0 Å². The highest BCUT2D eigenvalue weighted by Gasteiger charge is 2.12. The lowest BCUT2D eigenvalue weighted by atomic mass is 9.99. The minimum atomic E-state index is 1.05. The van der Waals surface area contributed by atoms with Crippen LogP contribution in [0.4, 0.5) is 0 Å². The number of rotatable bonds is 6. The number of methoxy groups -OCH3 is 1. The molecule has 1 N–H and O–H groups in total. The van der Waals surface area contributed by atoms with Gasteiger partial charge in [0, 0.05) is 4.47 Å². The molecule has 1 rings (SSSR count). The molecule has 0 fully saturated rings. The van der Waals surface area contributed by atoms with Gasteiger partial charge in [0.15, 0.2) is 0 Å². The third-order valence-electron chi connectivity index (χ3n) is 3.09. The molecule has 0 radical (unpaired) electrons. The zero-order valence-electron chi connectivity index (χ0n) is 11.2. The summed E-state index contributed by atoms with van der Waals surface area (Å²) in [5.74, 6) is 1.05. The molecule has 1 aromatic rings. The lowest BCUT2D eigenvalue weighted by Gasteiger charge is -2.16. The van der Waals surface area contributed by atoms with Gasteiger partial charge < -0.3 is 10.1 Å². The summed E-state index contributed by atoms with van der Waals surface area (Å²) in [6, 6.07) is 2.13. The highest BCUT2D eigenvalue weighted by molar-refractivity contribution is 9.10. The average molecular weight is 300 g/mol. The second-order valence-corrected chi connectivity index (χ2v) is 5.23. The van der Waals surface area contributed by atoms with Crippen molar-refractivity contribution in [3.63, 3.8) is 0 Å². The molecule has 0 bridgehead atoms. The lowest BCUT2D eigenvalue weighted by Crippen LogP contribution is -2.08. The van der Waals surface area contributed by atoms with E-state index in [1.165, 1.54) is 34.0 Å². The van der Waals surface area contributed by atoms with E-state index in [9.17, 15) is 0 Å². The maximum absolute atomic E-state index is 5.53. The summed E-state index contributed by atoms with van der Waals surface area (Å²) in [4.78, 5) is 0. The van der Waals surface area contributed by atoms with Crippen LogP contribution in [-0.4, -0.2) is 20.7 Å². The molecule has 3 heteroatoms. The van der Waals surface area contributed by atoms with Crippen molar-refractivity contribution in [1.82, 2.24) is 5.32 Å². The predicted octanol–water partition coefficient (Wildman–Crippen LogP) is 3.62. The second kappa shape index (κ2) is 7.02. The first-order chi connectivity index (χ1) is 8.11. The topological polar surface area (TPSA) is 21.3 Å². The molecule has 17 heavy (non-hydrogen) atoms. The smallest absolute Gasteiger partial charge is 0.125 e. The van der Waals surface area contributed by atoms with Gasteiger partial charge in [-0.1, -0.05) is 15.9 Å². The van der Waals surface area contributed by atoms with Crippen LogP contribution >= 0.6 is 15.9 Å². The van der Waals surface area contributed by atoms with E-state index in [4.69, 9.17) is 4.74 Å². The molecule has 96 valence electrons. The summed E-state index contributed by atoms with van der Waals surface area (Å²) < 4.78 is 6.71. The van der Waals surface area contributed by atoms with E-state index in [1.807, 2.05) is 7.05 Å². The average Bonchev–Trinajstić information content (AvgIpc) is 2.30. The first kappa shape index (κ1) is 14.5. The molecule has 2 nitrogen and oxygen atoms in total. The molecule has 0 saturated heterocycles. The first-order valence-electron chi connectivity index (χ1n) is 6.09. The van der Waals surface area contributed by atoms with Crippen LogP contribution in [0.1, 0.15) is 29.5 Å². The summed E-state index contributed by atoms with van der Waals surface area (Å²) in [5.41, 5.74) is 3.85. The molecule has 0 aliphatic rings. The minimum Gasteiger partial charge on any atom is -0.496 e. The van der Waals surface area contributed by atoms with Crippen LogP contribution in [0.15, 0.2) is 10.5 Å². The molecule has 0 aliphatic heterocycles. The number of ether oxygens (including phenoxy) is 1. The molecule has 0 heterocycles. The molecule has 0 unspecified atom stereocenters. The standard InChI is InChI=1S/C14H22BrNO/c1-10-9-13(15)11(2)12(14(10)17-4)7-5-6-8-16-3/h9,16H,5-8H2,1-4H3. The Kier molecular flexibility index (Phi) is 6.00. The Labute approximate surface area is 113 Å². The van der Waals surface area contributed by atoms with E-state index in [-0.39, 0.29) is 0 Å². The normalized spacial score (nSPS) is 10.6. The van der Waals surface area contributed by atoms with Gasteiger partial charge in [-0.2, -0.15) is 0 Å². The highest BCUT2D eigenvalue weighted by Crippen LogP contribution is 2.33. The Morgan fingerprint density at radius 3 is 2.59 bits per heavy atom. The largest absolute Gasteiger partial charge is 0.496 e. The zero-order valence-corrected chi connectivity index (χ0v) is 12.8. The SMILES string of the molecule is CNCCCCc1c(C)c(Br)cc(C)c1OC. The zero-order chi connectivity index (χ0) is 12.8. The number of halogens is 1. The van der Waals surface area contributed by atoms with Gasteiger partial charge in [0.05, 0.1) is 7.11 Å². The molecule has 0 atom stereocenters. The first-order valence-corrected chi connectivity index (χ1v) is 6.88. The fourth-order valence-corrected chi connectivity index (χ4v) is 2.69. The molecule has 0 aliphatic carbocycles. The second-order valence-electron chi connectivity index (χ2n) is 4.37. The minimum absolute atomic E-state index is 1.05. The maximum atomic E-state index is 5.53. The Morgan fingerprint density at radius 1 is 1.29 bits per heavy atom. The highest BCUT2D eigenvalue weighted by atomic mass is 79.9. The fourth-order valence-electron chi connectivity index (χ4n) is 2.11. The van der Waals surface area contributed by atoms with Crippen LogP contribution in [-0.2, 0) is 6.42 Å². The molecule has 0 amide bonds. The fraction of sp³-hybridized carbons (Fsp3) is 0.571. The number of benzene rings is 1. The molecular formula is C14H22BrNO. The molecular weight excluding hydrogens is 278 g/mol. The number of unbranched alkanes of at least 4 members (excludes halogenated alkanes) is 1. The molecule has 1 aromatic carbocycles. The number of hydrogen-bond donors (Lipinski definition) is 1. The summed E-state index contributed by atoms with van der Waals surface area (Å²) >= 11 is 3.61. The van der Waals surface area contributed by atoms with E-state index in [0.717, 1.165) is 18.7 Å². The predicted molar refractivity (Wildman–Crippen MR) is 77.0 cm³/mol. The molecule has 0 saturated carbocycles. The Balaban J connectivity index is 2.87. The maximum Gasteiger partial charge on any atom is 0.125 e. The van der Waals surface area contributed by atoms with E-state index in [0.29, 0.717) is 0 Å². The van der Waals surface area contributed by atoms with Gasteiger partial charge in [-0.05, 0) is 69.5 Å². The van der Waals surface area contributed by atoms with Crippen molar-refractivity contribution in [2.45, 2.75) is 33.1 Å². The van der Waals surface area contributed by atoms with Crippen LogP contribution in [0.2, 0.25) is 0 Å². The van der Waals surface area contributed by atoms with Gasteiger partial charge in [0.25, 0.3) is 0 Å². The van der Waals surface area contributed by atoms with Crippen molar-refractivity contribution in [3.05, 3.63) is 27.2 Å². The van der Waals surface area contributed by atoms with Gasteiger partial charge in [0.2, 0.25) is 0 Å². The summed E-state index contributed by atoms with van der Waals surface area (Å²) in [5, 5.41) is 3.18. The van der Waals surface area contributed by atoms with Crippen molar-refractivity contribution < 1.29 is 4.74 Å². The third-order valence-corrected chi connectivity index (χ3v) is 3.92. The van der Waals surface area contributed by atoms with Crippen molar-refractivity contribution >= 4 is 15.9 Å². The molecule has 0 spiro atoms. The van der Waals surface area contributed by atoms with Crippen molar-refractivity contribution in [1.29, 1.82) is 0 Å². The Morgan fingerprint density at radius 2 is 2.00 bits per heavy atom. The Bertz CT molecular complexity index is 377. The summed E-state index contributed by atoms with van der Waals surface area (Å²) in [6.45, 7) is 5.33. The van der Waals surface area contributed by atoms with Gasteiger partial charge in [-0.15, -0.1) is 0 Å².